The number of rotatable bonds is 2. The molecule has 3 nitrogen and oxygen atoms in total. The summed E-state index contributed by atoms with van der Waals surface area (Å²) in [4.78, 5) is 11.1. The second-order valence-electron chi connectivity index (χ2n) is 3.20. The summed E-state index contributed by atoms with van der Waals surface area (Å²) >= 11 is 1.30. The topological polar surface area (TPSA) is 49.3 Å². The number of hydrogen-bond donors (Lipinski definition) is 2. The van der Waals surface area contributed by atoms with Crippen LogP contribution in [0.25, 0.3) is 0 Å². The summed E-state index contributed by atoms with van der Waals surface area (Å²) in [6.45, 7) is 1.04. The van der Waals surface area contributed by atoms with Crippen LogP contribution in [0, 0.1) is 0 Å². The molecule has 13 heavy (non-hydrogen) atoms. The number of nitrogens with one attached hydrogen (secondary N) is 1. The fraction of sp³-hybridized carbons (Fsp3) is 0.444. The van der Waals surface area contributed by atoms with Crippen LogP contribution in [0.1, 0.15) is 34.1 Å². The highest BCUT2D eigenvalue weighted by Crippen LogP contribution is 2.27. The molecule has 0 bridgehead atoms. The Bertz CT molecular complexity index is 315. The Morgan fingerprint density at radius 1 is 1.69 bits per heavy atom. The van der Waals surface area contributed by atoms with Gasteiger partial charge in [0.25, 0.3) is 0 Å². The van der Waals surface area contributed by atoms with Crippen molar-refractivity contribution >= 4 is 17.3 Å². The fourth-order valence-corrected chi connectivity index (χ4v) is 2.42. The van der Waals surface area contributed by atoms with Crippen LogP contribution < -0.4 is 5.32 Å². The average Bonchev–Trinajstić information content (AvgIpc) is 2.75. The summed E-state index contributed by atoms with van der Waals surface area (Å²) in [7, 11) is 0. The molecular formula is C9H11NO2S. The van der Waals surface area contributed by atoms with Gasteiger partial charge in [-0.1, -0.05) is 0 Å². The average molecular weight is 197 g/mol. The Kier molecular flexibility index (Phi) is 2.33. The fourth-order valence-electron chi connectivity index (χ4n) is 1.61. The lowest BCUT2D eigenvalue weighted by molar-refractivity contribution is 0.0702. The van der Waals surface area contributed by atoms with Gasteiger partial charge in [-0.15, -0.1) is 11.3 Å². The molecule has 1 saturated heterocycles. The van der Waals surface area contributed by atoms with Crippen molar-refractivity contribution in [3.05, 3.63) is 21.9 Å². The third-order valence-electron chi connectivity index (χ3n) is 2.29. The van der Waals surface area contributed by atoms with Crippen LogP contribution in [0.5, 0.6) is 0 Å². The molecule has 1 aromatic rings. The zero-order valence-electron chi connectivity index (χ0n) is 7.12. The number of hydrogen-bond acceptors (Lipinski definition) is 3. The van der Waals surface area contributed by atoms with Gasteiger partial charge >= 0.3 is 5.97 Å². The van der Waals surface area contributed by atoms with Crippen LogP contribution in [0.4, 0.5) is 0 Å². The van der Waals surface area contributed by atoms with Gasteiger partial charge in [-0.3, -0.25) is 0 Å². The summed E-state index contributed by atoms with van der Waals surface area (Å²) in [6.07, 6.45) is 2.30. The standard InChI is InChI=1S/C9H11NO2S/c11-9(12)8-4-6(5-13-8)7-2-1-3-10-7/h4-5,7,10H,1-3H2,(H,11,12)/t7-/m0/s1. The lowest BCUT2D eigenvalue weighted by Crippen LogP contribution is -2.11. The summed E-state index contributed by atoms with van der Waals surface area (Å²) in [5.41, 5.74) is 1.12. The quantitative estimate of drug-likeness (QED) is 0.761. The van der Waals surface area contributed by atoms with Crippen molar-refractivity contribution in [3.63, 3.8) is 0 Å². The van der Waals surface area contributed by atoms with E-state index < -0.39 is 5.97 Å². The third kappa shape index (κ3) is 1.73. The van der Waals surface area contributed by atoms with E-state index in [-0.39, 0.29) is 0 Å². The summed E-state index contributed by atoms with van der Waals surface area (Å²) in [5.74, 6) is -0.825. The predicted octanol–water partition coefficient (Wildman–Crippen LogP) is 1.87. The van der Waals surface area contributed by atoms with Crippen molar-refractivity contribution in [2.75, 3.05) is 6.54 Å². The van der Waals surface area contributed by atoms with Gasteiger partial charge in [-0.05, 0) is 36.4 Å². The van der Waals surface area contributed by atoms with Crippen LogP contribution in [0.3, 0.4) is 0 Å². The molecule has 0 saturated carbocycles. The molecule has 0 aliphatic carbocycles. The lowest BCUT2D eigenvalue weighted by atomic mass is 10.1. The van der Waals surface area contributed by atoms with Crippen LogP contribution in [-0.2, 0) is 0 Å². The molecule has 2 rings (SSSR count). The molecule has 2 N–H and O–H groups in total. The van der Waals surface area contributed by atoms with Gasteiger partial charge in [-0.2, -0.15) is 0 Å². The van der Waals surface area contributed by atoms with Crippen molar-refractivity contribution in [3.8, 4) is 0 Å². The summed E-state index contributed by atoms with van der Waals surface area (Å²) < 4.78 is 0. The van der Waals surface area contributed by atoms with Crippen molar-refractivity contribution in [1.82, 2.24) is 5.32 Å². The summed E-state index contributed by atoms with van der Waals surface area (Å²) in [6, 6.07) is 2.15. The third-order valence-corrected chi connectivity index (χ3v) is 3.23. The van der Waals surface area contributed by atoms with Crippen molar-refractivity contribution in [2.45, 2.75) is 18.9 Å². The first-order chi connectivity index (χ1) is 6.27. The molecule has 1 aliphatic heterocycles. The van der Waals surface area contributed by atoms with Gasteiger partial charge in [0, 0.05) is 6.04 Å². The molecule has 1 fully saturated rings. The van der Waals surface area contributed by atoms with E-state index in [9.17, 15) is 4.79 Å². The molecule has 0 unspecified atom stereocenters. The van der Waals surface area contributed by atoms with Gasteiger partial charge in [0.2, 0.25) is 0 Å². The summed E-state index contributed by atoms with van der Waals surface area (Å²) in [5, 5.41) is 14.0. The van der Waals surface area contributed by atoms with Crippen molar-refractivity contribution < 1.29 is 9.90 Å². The minimum Gasteiger partial charge on any atom is -0.477 e. The number of carbonyl (C=O) groups is 1. The predicted molar refractivity (Wildman–Crippen MR) is 51.3 cm³/mol. The van der Waals surface area contributed by atoms with Gasteiger partial charge in [0.15, 0.2) is 0 Å². The van der Waals surface area contributed by atoms with Crippen LogP contribution in [0.2, 0.25) is 0 Å². The smallest absolute Gasteiger partial charge is 0.345 e. The Balaban J connectivity index is 2.16. The maximum atomic E-state index is 10.6. The maximum Gasteiger partial charge on any atom is 0.345 e. The molecule has 0 spiro atoms. The highest BCUT2D eigenvalue weighted by Gasteiger charge is 2.18. The van der Waals surface area contributed by atoms with Crippen LogP contribution in [0.15, 0.2) is 11.4 Å². The maximum absolute atomic E-state index is 10.6. The molecule has 0 amide bonds. The second-order valence-corrected chi connectivity index (χ2v) is 4.11. The van der Waals surface area contributed by atoms with Gasteiger partial charge in [0.1, 0.15) is 4.88 Å². The number of carboxylic acids is 1. The molecule has 4 heteroatoms. The second kappa shape index (κ2) is 3.47. The monoisotopic (exact) mass is 197 g/mol. The SMILES string of the molecule is O=C(O)c1cc([C@@H]2CCCN2)cs1. The Morgan fingerprint density at radius 2 is 2.54 bits per heavy atom. The molecule has 1 aliphatic rings. The largest absolute Gasteiger partial charge is 0.477 e. The zero-order valence-corrected chi connectivity index (χ0v) is 7.93. The normalized spacial score (nSPS) is 22.0. The highest BCUT2D eigenvalue weighted by molar-refractivity contribution is 7.12. The molecule has 0 radical (unpaired) electrons. The van der Waals surface area contributed by atoms with E-state index in [1.54, 1.807) is 6.07 Å². The molecule has 2 heterocycles. The van der Waals surface area contributed by atoms with Crippen molar-refractivity contribution in [2.24, 2.45) is 0 Å². The Hall–Kier alpha value is -0.870. The first-order valence-electron chi connectivity index (χ1n) is 4.32. The van der Waals surface area contributed by atoms with Gasteiger partial charge in [-0.25, -0.2) is 4.79 Å². The van der Waals surface area contributed by atoms with E-state index in [0.717, 1.165) is 18.5 Å². The van der Waals surface area contributed by atoms with E-state index >= 15 is 0 Å². The Labute approximate surface area is 80.4 Å². The van der Waals surface area contributed by atoms with E-state index in [4.69, 9.17) is 5.11 Å². The highest BCUT2D eigenvalue weighted by atomic mass is 32.1. The van der Waals surface area contributed by atoms with Crippen LogP contribution >= 0.6 is 11.3 Å². The molecule has 70 valence electrons. The molecule has 0 aromatic carbocycles. The minimum atomic E-state index is -0.825. The first kappa shape index (κ1) is 8.72. The lowest BCUT2D eigenvalue weighted by Gasteiger charge is -2.05. The molecule has 1 aromatic heterocycles. The van der Waals surface area contributed by atoms with Crippen molar-refractivity contribution in [1.29, 1.82) is 0 Å². The zero-order chi connectivity index (χ0) is 9.26. The van der Waals surface area contributed by atoms with E-state index in [2.05, 4.69) is 5.32 Å². The van der Waals surface area contributed by atoms with E-state index in [1.807, 2.05) is 5.38 Å². The number of aromatic carboxylic acids is 1. The molecule has 1 atom stereocenters. The number of carboxylic acid groups (broad SMARTS) is 1. The van der Waals surface area contributed by atoms with E-state index in [1.165, 1.54) is 17.8 Å². The number of thiophene rings is 1. The van der Waals surface area contributed by atoms with Gasteiger partial charge in [0.05, 0.1) is 0 Å². The first-order valence-corrected chi connectivity index (χ1v) is 5.20. The van der Waals surface area contributed by atoms with Crippen LogP contribution in [-0.4, -0.2) is 17.6 Å². The van der Waals surface area contributed by atoms with Gasteiger partial charge < -0.3 is 10.4 Å². The molecular weight excluding hydrogens is 186 g/mol. The minimum absolute atomic E-state index is 0.379. The van der Waals surface area contributed by atoms with E-state index in [0.29, 0.717) is 10.9 Å². The Morgan fingerprint density at radius 3 is 3.08 bits per heavy atom.